The minimum Gasteiger partial charge on any atom is -0.383 e. The van der Waals surface area contributed by atoms with E-state index in [9.17, 15) is 0 Å². The minimum absolute atomic E-state index is 0.282. The second kappa shape index (κ2) is 5.69. The van der Waals surface area contributed by atoms with Crippen molar-refractivity contribution < 1.29 is 4.74 Å². The number of epoxide rings is 1. The topological polar surface area (TPSA) is 50.9 Å². The summed E-state index contributed by atoms with van der Waals surface area (Å²) in [7, 11) is 0. The number of benzene rings is 2. The third kappa shape index (κ3) is 3.03. The maximum Gasteiger partial charge on any atom is 0.131 e. The molecule has 1 unspecified atom stereocenters. The second-order valence-electron chi connectivity index (χ2n) is 4.64. The van der Waals surface area contributed by atoms with Gasteiger partial charge in [-0.25, -0.2) is 4.99 Å². The molecule has 1 aliphatic heterocycles. The number of amidine groups is 1. The van der Waals surface area contributed by atoms with E-state index in [1.165, 1.54) is 10.5 Å². The molecule has 0 bridgehead atoms. The van der Waals surface area contributed by atoms with Crippen LogP contribution in [0, 0.1) is 0 Å². The van der Waals surface area contributed by atoms with Crippen molar-refractivity contribution in [3.8, 4) is 0 Å². The van der Waals surface area contributed by atoms with Crippen LogP contribution in [0.3, 0.4) is 0 Å². The van der Waals surface area contributed by atoms with Crippen LogP contribution in [0.15, 0.2) is 58.4 Å². The van der Waals surface area contributed by atoms with Gasteiger partial charge in [0.2, 0.25) is 0 Å². The summed E-state index contributed by atoms with van der Waals surface area (Å²) in [6.45, 7) is 0.826. The molecule has 0 spiro atoms. The molecule has 2 aromatic carbocycles. The number of ether oxygens (including phenoxy) is 1. The zero-order valence-electron chi connectivity index (χ0n) is 11.2. The summed E-state index contributed by atoms with van der Waals surface area (Å²) in [4.78, 5) is 5.67. The van der Waals surface area contributed by atoms with Crippen molar-refractivity contribution in [3.05, 3.63) is 59.7 Å². The Balaban J connectivity index is 1.78. The lowest BCUT2D eigenvalue weighted by Gasteiger charge is -2.03. The zero-order chi connectivity index (χ0) is 13.9. The Hall–Kier alpha value is -1.78. The monoisotopic (exact) mass is 284 g/mol. The molecule has 1 heterocycles. The Kier molecular flexibility index (Phi) is 3.76. The maximum atomic E-state index is 6.05. The van der Waals surface area contributed by atoms with E-state index < -0.39 is 0 Å². The predicted molar refractivity (Wildman–Crippen MR) is 83.7 cm³/mol. The molecule has 1 atom stereocenters. The van der Waals surface area contributed by atoms with E-state index >= 15 is 0 Å². The Morgan fingerprint density at radius 2 is 1.80 bits per heavy atom. The lowest BCUT2D eigenvalue weighted by Crippen LogP contribution is -2.12. The van der Waals surface area contributed by atoms with E-state index in [0.717, 1.165) is 17.9 Å². The molecule has 2 N–H and O–H groups in total. The molecule has 0 saturated carbocycles. The number of nitrogens with two attached hydrogens (primary N) is 1. The van der Waals surface area contributed by atoms with Gasteiger partial charge in [-0.2, -0.15) is 0 Å². The molecule has 0 aromatic heterocycles. The summed E-state index contributed by atoms with van der Waals surface area (Å²) in [6, 6.07) is 16.1. The summed E-state index contributed by atoms with van der Waals surface area (Å²) >= 11 is 1.71. The van der Waals surface area contributed by atoms with Crippen LogP contribution in [0.1, 0.15) is 17.2 Å². The molecular weight excluding hydrogens is 268 g/mol. The van der Waals surface area contributed by atoms with Crippen molar-refractivity contribution in [2.75, 3.05) is 12.9 Å². The first-order valence-electron chi connectivity index (χ1n) is 6.46. The second-order valence-corrected chi connectivity index (χ2v) is 5.52. The van der Waals surface area contributed by atoms with Gasteiger partial charge >= 0.3 is 0 Å². The molecule has 3 rings (SSSR count). The average molecular weight is 284 g/mol. The highest BCUT2D eigenvalue weighted by molar-refractivity contribution is 7.98. The SMILES string of the molecule is CSc1ccc(C(N)=Nc2ccc(C3CO3)cc2)cc1. The average Bonchev–Trinajstić information content (AvgIpc) is 3.33. The number of thioether (sulfide) groups is 1. The van der Waals surface area contributed by atoms with Gasteiger partial charge in [0.1, 0.15) is 11.9 Å². The summed E-state index contributed by atoms with van der Waals surface area (Å²) < 4.78 is 5.24. The number of hydrogen-bond acceptors (Lipinski definition) is 3. The van der Waals surface area contributed by atoms with Crippen LogP contribution < -0.4 is 5.73 Å². The third-order valence-electron chi connectivity index (χ3n) is 3.23. The lowest BCUT2D eigenvalue weighted by molar-refractivity contribution is 0.415. The van der Waals surface area contributed by atoms with Crippen LogP contribution in [0.4, 0.5) is 5.69 Å². The molecule has 1 aliphatic rings. The van der Waals surface area contributed by atoms with Crippen LogP contribution >= 0.6 is 11.8 Å². The smallest absolute Gasteiger partial charge is 0.131 e. The van der Waals surface area contributed by atoms with Crippen molar-refractivity contribution in [1.82, 2.24) is 0 Å². The Bertz CT molecular complexity index is 616. The highest BCUT2D eigenvalue weighted by atomic mass is 32.2. The summed E-state index contributed by atoms with van der Waals surface area (Å²) in [5.74, 6) is 0.535. The number of nitrogens with zero attached hydrogens (tertiary/aromatic N) is 1. The van der Waals surface area contributed by atoms with E-state index in [4.69, 9.17) is 10.5 Å². The Morgan fingerprint density at radius 1 is 1.15 bits per heavy atom. The summed E-state index contributed by atoms with van der Waals surface area (Å²) in [5, 5.41) is 0. The first-order chi connectivity index (χ1) is 9.76. The molecule has 0 aliphatic carbocycles. The molecule has 1 fully saturated rings. The standard InChI is InChI=1S/C16H16N2OS/c1-20-14-8-4-12(5-9-14)16(17)18-13-6-2-11(3-7-13)15-10-19-15/h2-9,15H,10H2,1H3,(H2,17,18). The van der Waals surface area contributed by atoms with Gasteiger partial charge in [0.15, 0.2) is 0 Å². The number of hydrogen-bond donors (Lipinski definition) is 1. The molecule has 20 heavy (non-hydrogen) atoms. The Labute approximate surface area is 122 Å². The fourth-order valence-electron chi connectivity index (χ4n) is 1.97. The van der Waals surface area contributed by atoms with Crippen LogP contribution in [-0.4, -0.2) is 18.7 Å². The minimum atomic E-state index is 0.282. The largest absolute Gasteiger partial charge is 0.383 e. The summed E-state index contributed by atoms with van der Waals surface area (Å²) in [5.41, 5.74) is 9.05. The van der Waals surface area contributed by atoms with Crippen LogP contribution in [0.5, 0.6) is 0 Å². The number of rotatable bonds is 4. The predicted octanol–water partition coefficient (Wildman–Crippen LogP) is 3.52. The highest BCUT2D eigenvalue weighted by Gasteiger charge is 2.24. The van der Waals surface area contributed by atoms with Gasteiger partial charge in [0, 0.05) is 10.5 Å². The van der Waals surface area contributed by atoms with Crippen LogP contribution in [-0.2, 0) is 4.74 Å². The molecule has 1 saturated heterocycles. The van der Waals surface area contributed by atoms with Crippen LogP contribution in [0.2, 0.25) is 0 Å². The van der Waals surface area contributed by atoms with Gasteiger partial charge in [-0.05, 0) is 36.1 Å². The third-order valence-corrected chi connectivity index (χ3v) is 3.98. The fraction of sp³-hybridized carbons (Fsp3) is 0.188. The molecule has 0 amide bonds. The molecule has 2 aromatic rings. The first kappa shape index (κ1) is 13.2. The molecule has 0 radical (unpaired) electrons. The molecule has 3 nitrogen and oxygen atoms in total. The summed E-state index contributed by atoms with van der Waals surface area (Å²) in [6.07, 6.45) is 2.34. The normalized spacial score (nSPS) is 18.1. The van der Waals surface area contributed by atoms with E-state index in [2.05, 4.69) is 23.4 Å². The van der Waals surface area contributed by atoms with Crippen molar-refractivity contribution in [1.29, 1.82) is 0 Å². The van der Waals surface area contributed by atoms with Gasteiger partial charge in [0.05, 0.1) is 12.3 Å². The fourth-order valence-corrected chi connectivity index (χ4v) is 2.38. The van der Waals surface area contributed by atoms with E-state index in [1.807, 2.05) is 36.4 Å². The van der Waals surface area contributed by atoms with E-state index in [-0.39, 0.29) is 6.10 Å². The number of aliphatic imine (C=N–C) groups is 1. The first-order valence-corrected chi connectivity index (χ1v) is 7.69. The van der Waals surface area contributed by atoms with Crippen molar-refractivity contribution in [2.45, 2.75) is 11.0 Å². The van der Waals surface area contributed by atoms with Crippen molar-refractivity contribution in [3.63, 3.8) is 0 Å². The molecular formula is C16H16N2OS. The Morgan fingerprint density at radius 3 is 2.35 bits per heavy atom. The van der Waals surface area contributed by atoms with Gasteiger partial charge in [-0.3, -0.25) is 0 Å². The lowest BCUT2D eigenvalue weighted by atomic mass is 10.1. The van der Waals surface area contributed by atoms with E-state index in [0.29, 0.717) is 5.84 Å². The zero-order valence-corrected chi connectivity index (χ0v) is 12.1. The molecule has 4 heteroatoms. The quantitative estimate of drug-likeness (QED) is 0.404. The van der Waals surface area contributed by atoms with Crippen LogP contribution in [0.25, 0.3) is 0 Å². The van der Waals surface area contributed by atoms with Gasteiger partial charge < -0.3 is 10.5 Å². The maximum absolute atomic E-state index is 6.05. The van der Waals surface area contributed by atoms with E-state index in [1.54, 1.807) is 11.8 Å². The highest BCUT2D eigenvalue weighted by Crippen LogP contribution is 2.30. The van der Waals surface area contributed by atoms with Gasteiger partial charge in [-0.15, -0.1) is 11.8 Å². The van der Waals surface area contributed by atoms with Gasteiger partial charge in [-0.1, -0.05) is 24.3 Å². The molecule has 102 valence electrons. The van der Waals surface area contributed by atoms with Crippen molar-refractivity contribution in [2.24, 2.45) is 10.7 Å². The van der Waals surface area contributed by atoms with Gasteiger partial charge in [0.25, 0.3) is 0 Å². The van der Waals surface area contributed by atoms with Crippen molar-refractivity contribution >= 4 is 23.3 Å².